The zero-order valence-electron chi connectivity index (χ0n) is 14.4. The fourth-order valence-corrected chi connectivity index (χ4v) is 2.50. The molecule has 0 bridgehead atoms. The zero-order valence-corrected chi connectivity index (χ0v) is 14.4. The topological polar surface area (TPSA) is 99.3 Å². The molecule has 1 heterocycles. The summed E-state index contributed by atoms with van der Waals surface area (Å²) < 4.78 is 30.8. The molecule has 1 N–H and O–H groups in total. The molecule has 1 amide bonds. The Labute approximate surface area is 147 Å². The van der Waals surface area contributed by atoms with E-state index in [1.54, 1.807) is 26.8 Å². The number of benzene rings is 1. The van der Waals surface area contributed by atoms with Gasteiger partial charge in [-0.15, -0.1) is 0 Å². The molecular formula is C16H18F2N4O4. The van der Waals surface area contributed by atoms with Crippen LogP contribution in [-0.4, -0.2) is 27.2 Å². The van der Waals surface area contributed by atoms with Crippen LogP contribution >= 0.6 is 0 Å². The van der Waals surface area contributed by atoms with Gasteiger partial charge in [0.25, 0.3) is 5.91 Å². The molecule has 0 aliphatic rings. The van der Waals surface area contributed by atoms with Gasteiger partial charge < -0.3 is 20.2 Å². The number of hydrogen-bond donors (Lipinski definition) is 1. The van der Waals surface area contributed by atoms with E-state index in [0.29, 0.717) is 12.1 Å². The van der Waals surface area contributed by atoms with Crippen molar-refractivity contribution in [2.75, 3.05) is 5.32 Å². The quantitative estimate of drug-likeness (QED) is 0.595. The van der Waals surface area contributed by atoms with E-state index in [0.717, 1.165) is 5.56 Å². The minimum absolute atomic E-state index is 0.0908. The number of nitrogens with zero attached hydrogens (tertiary/aromatic N) is 3. The molecular weight excluding hydrogens is 350 g/mol. The number of nitro groups is 1. The molecule has 8 nitrogen and oxygen atoms in total. The van der Waals surface area contributed by atoms with Gasteiger partial charge in [-0.25, -0.2) is 0 Å². The lowest BCUT2D eigenvalue weighted by atomic mass is 10.1. The highest BCUT2D eigenvalue weighted by molar-refractivity contribution is 5.95. The summed E-state index contributed by atoms with van der Waals surface area (Å²) >= 11 is 0. The molecule has 0 aliphatic carbocycles. The first kappa shape index (κ1) is 19.3. The van der Waals surface area contributed by atoms with Crippen LogP contribution in [0.5, 0.6) is 5.75 Å². The van der Waals surface area contributed by atoms with Crippen LogP contribution in [0.3, 0.4) is 0 Å². The van der Waals surface area contributed by atoms with E-state index in [4.69, 9.17) is 0 Å². The number of ether oxygens (including phenoxy) is 1. The lowest BCUT2D eigenvalue weighted by Gasteiger charge is -2.17. The first-order chi connectivity index (χ1) is 12.2. The first-order valence-electron chi connectivity index (χ1n) is 7.79. The van der Waals surface area contributed by atoms with Crippen molar-refractivity contribution in [1.82, 2.24) is 9.78 Å². The molecule has 1 atom stereocenters. The number of hydrogen-bond acceptors (Lipinski definition) is 5. The summed E-state index contributed by atoms with van der Waals surface area (Å²) in [6.07, 6.45) is 0.294. The zero-order chi connectivity index (χ0) is 19.4. The Balaban J connectivity index is 2.30. The summed E-state index contributed by atoms with van der Waals surface area (Å²) in [5, 5.41) is 17.2. The second kappa shape index (κ2) is 7.89. The maximum absolute atomic E-state index is 12.6. The number of alkyl halides is 2. The summed E-state index contributed by atoms with van der Waals surface area (Å²) in [6, 6.07) is 4.83. The SMILES string of the molecule is CCC(C(=O)Nc1cc(C)ccc1OC(F)F)n1nc([N+](=O)[O-])cc1C. The van der Waals surface area contributed by atoms with E-state index < -0.39 is 23.5 Å². The summed E-state index contributed by atoms with van der Waals surface area (Å²) in [5.41, 5.74) is 1.26. The number of aromatic nitrogens is 2. The maximum Gasteiger partial charge on any atom is 0.390 e. The highest BCUT2D eigenvalue weighted by Gasteiger charge is 2.27. The minimum atomic E-state index is -3.04. The molecule has 26 heavy (non-hydrogen) atoms. The fourth-order valence-electron chi connectivity index (χ4n) is 2.50. The highest BCUT2D eigenvalue weighted by atomic mass is 19.3. The van der Waals surface area contributed by atoms with Crippen LogP contribution in [0.1, 0.15) is 30.6 Å². The van der Waals surface area contributed by atoms with Crippen molar-refractivity contribution in [3.05, 3.63) is 45.6 Å². The fraction of sp³-hybridized carbons (Fsp3) is 0.375. The predicted molar refractivity (Wildman–Crippen MR) is 89.4 cm³/mol. The van der Waals surface area contributed by atoms with Crippen LogP contribution in [0.2, 0.25) is 0 Å². The number of halogens is 2. The van der Waals surface area contributed by atoms with E-state index in [9.17, 15) is 23.7 Å². The third-order valence-corrected chi connectivity index (χ3v) is 3.69. The van der Waals surface area contributed by atoms with Crippen molar-refractivity contribution in [1.29, 1.82) is 0 Å². The van der Waals surface area contributed by atoms with Crippen molar-refractivity contribution in [3.8, 4) is 5.75 Å². The van der Waals surface area contributed by atoms with Crippen molar-refractivity contribution in [2.45, 2.75) is 39.8 Å². The predicted octanol–water partition coefficient (Wildman–Crippen LogP) is 3.60. The van der Waals surface area contributed by atoms with Crippen molar-refractivity contribution >= 4 is 17.4 Å². The molecule has 1 aromatic carbocycles. The minimum Gasteiger partial charge on any atom is -0.433 e. The highest BCUT2D eigenvalue weighted by Crippen LogP contribution is 2.29. The number of rotatable bonds is 7. The van der Waals surface area contributed by atoms with Gasteiger partial charge in [0.1, 0.15) is 5.75 Å². The van der Waals surface area contributed by atoms with Crippen LogP contribution < -0.4 is 10.1 Å². The second-order valence-corrected chi connectivity index (χ2v) is 5.64. The first-order valence-corrected chi connectivity index (χ1v) is 7.79. The molecule has 2 aromatic rings. The number of nitrogens with one attached hydrogen (secondary N) is 1. The Kier molecular flexibility index (Phi) is 5.86. The molecule has 0 saturated heterocycles. The van der Waals surface area contributed by atoms with Crippen LogP contribution in [0.4, 0.5) is 20.3 Å². The summed E-state index contributed by atoms with van der Waals surface area (Å²) in [6.45, 7) is 2.00. The van der Waals surface area contributed by atoms with Gasteiger partial charge in [-0.3, -0.25) is 4.79 Å². The molecule has 0 fully saturated rings. The third kappa shape index (κ3) is 4.32. The van der Waals surface area contributed by atoms with Crippen LogP contribution in [0, 0.1) is 24.0 Å². The van der Waals surface area contributed by atoms with E-state index >= 15 is 0 Å². The second-order valence-electron chi connectivity index (χ2n) is 5.64. The third-order valence-electron chi connectivity index (χ3n) is 3.69. The van der Waals surface area contributed by atoms with Crippen LogP contribution in [-0.2, 0) is 4.79 Å². The largest absolute Gasteiger partial charge is 0.433 e. The monoisotopic (exact) mass is 368 g/mol. The van der Waals surface area contributed by atoms with Crippen molar-refractivity contribution in [2.24, 2.45) is 0 Å². The number of aryl methyl sites for hydroxylation is 2. The summed E-state index contributed by atoms with van der Waals surface area (Å²) in [7, 11) is 0. The molecule has 2 rings (SSSR count). The smallest absolute Gasteiger partial charge is 0.390 e. The van der Waals surface area contributed by atoms with Gasteiger partial charge in [0, 0.05) is 0 Å². The van der Waals surface area contributed by atoms with E-state index in [2.05, 4.69) is 15.2 Å². The Bertz CT molecular complexity index is 823. The Morgan fingerprint density at radius 2 is 2.08 bits per heavy atom. The molecule has 0 aliphatic heterocycles. The van der Waals surface area contributed by atoms with Gasteiger partial charge in [0.05, 0.1) is 22.5 Å². The van der Waals surface area contributed by atoms with Gasteiger partial charge in [-0.1, -0.05) is 13.0 Å². The Hall–Kier alpha value is -3.04. The molecule has 0 radical (unpaired) electrons. The number of carbonyl (C=O) groups is 1. The molecule has 1 aromatic heterocycles. The average molecular weight is 368 g/mol. The van der Waals surface area contributed by atoms with E-state index in [-0.39, 0.29) is 17.3 Å². The average Bonchev–Trinajstić information content (AvgIpc) is 2.92. The molecule has 140 valence electrons. The number of amides is 1. The van der Waals surface area contributed by atoms with E-state index in [1.807, 2.05) is 0 Å². The Morgan fingerprint density at radius 1 is 1.38 bits per heavy atom. The summed E-state index contributed by atoms with van der Waals surface area (Å²) in [5.74, 6) is -1.08. The lowest BCUT2D eigenvalue weighted by Crippen LogP contribution is -2.27. The maximum atomic E-state index is 12.6. The summed E-state index contributed by atoms with van der Waals surface area (Å²) in [4.78, 5) is 22.9. The molecule has 0 saturated carbocycles. The van der Waals surface area contributed by atoms with Gasteiger partial charge >= 0.3 is 12.4 Å². The van der Waals surface area contributed by atoms with E-state index in [1.165, 1.54) is 22.9 Å². The van der Waals surface area contributed by atoms with Crippen LogP contribution in [0.25, 0.3) is 0 Å². The number of anilines is 1. The Morgan fingerprint density at radius 3 is 2.62 bits per heavy atom. The van der Waals surface area contributed by atoms with Crippen molar-refractivity contribution in [3.63, 3.8) is 0 Å². The standard InChI is InChI=1S/C16H18F2N4O4/c1-4-12(21-10(3)8-14(20-21)22(24)25)15(23)19-11-7-9(2)5-6-13(11)26-16(17)18/h5-8,12,16H,4H2,1-3H3,(H,19,23). The van der Waals surface area contributed by atoms with Crippen LogP contribution in [0.15, 0.2) is 24.3 Å². The molecule has 1 unspecified atom stereocenters. The van der Waals surface area contributed by atoms with Gasteiger partial charge in [-0.05, 0) is 42.9 Å². The normalized spacial score (nSPS) is 12.1. The van der Waals surface area contributed by atoms with Gasteiger partial charge in [0.2, 0.25) is 0 Å². The van der Waals surface area contributed by atoms with Crippen molar-refractivity contribution < 1.29 is 23.2 Å². The van der Waals surface area contributed by atoms with Gasteiger partial charge in [0.15, 0.2) is 6.04 Å². The lowest BCUT2D eigenvalue weighted by molar-refractivity contribution is -0.389. The number of carbonyl (C=O) groups excluding carboxylic acids is 1. The molecule has 0 spiro atoms. The molecule has 10 heteroatoms. The van der Waals surface area contributed by atoms with Gasteiger partial charge in [-0.2, -0.15) is 13.5 Å².